The molecule has 2 heterocycles. The summed E-state index contributed by atoms with van der Waals surface area (Å²) in [5.74, 6) is 0.0526. The highest BCUT2D eigenvalue weighted by Gasteiger charge is 2.23. The van der Waals surface area contributed by atoms with Crippen LogP contribution < -0.4 is 4.90 Å². The maximum Gasteiger partial charge on any atom is 0.172 e. The fourth-order valence-corrected chi connectivity index (χ4v) is 4.98. The van der Waals surface area contributed by atoms with Crippen LogP contribution in [0.1, 0.15) is 26.4 Å². The smallest absolute Gasteiger partial charge is 0.172 e. The first-order valence-electron chi connectivity index (χ1n) is 12.3. The van der Waals surface area contributed by atoms with Gasteiger partial charge in [-0.25, -0.2) is 0 Å². The Labute approximate surface area is 232 Å². The Morgan fingerprint density at radius 1 is 0.974 bits per heavy atom. The average molecular weight is 531 g/mol. The minimum atomic E-state index is -0.196. The van der Waals surface area contributed by atoms with Crippen molar-refractivity contribution in [2.75, 3.05) is 31.7 Å². The molecule has 0 atom stereocenters. The van der Waals surface area contributed by atoms with E-state index >= 15 is 0 Å². The molecule has 4 rings (SSSR count). The fourth-order valence-electron chi connectivity index (χ4n) is 4.16. The van der Waals surface area contributed by atoms with Gasteiger partial charge in [-0.15, -0.1) is 11.3 Å². The molecule has 0 amide bonds. The van der Waals surface area contributed by atoms with E-state index in [-0.39, 0.29) is 30.1 Å². The van der Waals surface area contributed by atoms with Crippen molar-refractivity contribution in [1.29, 1.82) is 15.8 Å². The summed E-state index contributed by atoms with van der Waals surface area (Å²) in [6, 6.07) is 26.4. The lowest BCUT2D eigenvalue weighted by Crippen LogP contribution is -2.21. The third-order valence-corrected chi connectivity index (χ3v) is 7.26. The maximum absolute atomic E-state index is 9.52. The van der Waals surface area contributed by atoms with E-state index < -0.39 is 0 Å². The molecule has 192 valence electrons. The first-order valence-corrected chi connectivity index (χ1v) is 13.1. The summed E-state index contributed by atoms with van der Waals surface area (Å²) in [6.45, 7) is 0.815. The fraction of sp³-hybridized carbons (Fsp3) is 0.156. The molecule has 1 N–H and O–H groups in total. The predicted molar refractivity (Wildman–Crippen MR) is 155 cm³/mol. The molecule has 0 fully saturated rings. The Bertz CT molecular complexity index is 1580. The van der Waals surface area contributed by atoms with Gasteiger partial charge in [0.1, 0.15) is 30.4 Å². The summed E-state index contributed by atoms with van der Waals surface area (Å²) in [7, 11) is 1.98. The number of hydrogen-bond acceptors (Lipinski definition) is 7. The maximum atomic E-state index is 9.52. The van der Waals surface area contributed by atoms with E-state index in [4.69, 9.17) is 15.3 Å². The lowest BCUT2D eigenvalue weighted by Gasteiger charge is -2.20. The van der Waals surface area contributed by atoms with Gasteiger partial charge < -0.3 is 14.7 Å². The zero-order valence-electron chi connectivity index (χ0n) is 21.5. The highest BCUT2D eigenvalue weighted by molar-refractivity contribution is 7.13. The Kier molecular flexibility index (Phi) is 9.11. The van der Waals surface area contributed by atoms with Crippen molar-refractivity contribution < 1.29 is 9.84 Å². The van der Waals surface area contributed by atoms with Crippen LogP contribution in [0.15, 0.2) is 89.2 Å². The summed E-state index contributed by atoms with van der Waals surface area (Å²) < 4.78 is 5.45. The van der Waals surface area contributed by atoms with Gasteiger partial charge >= 0.3 is 0 Å². The molecule has 39 heavy (non-hydrogen) atoms. The summed E-state index contributed by atoms with van der Waals surface area (Å²) in [5, 5.41) is 37.1. The zero-order chi connectivity index (χ0) is 27.6. The highest BCUT2D eigenvalue weighted by Crippen LogP contribution is 2.29. The molecular formula is C32H26N4O2S. The second-order valence-electron chi connectivity index (χ2n) is 8.83. The molecule has 0 unspecified atom stereocenters. The summed E-state index contributed by atoms with van der Waals surface area (Å²) in [5.41, 5.74) is 5.28. The van der Waals surface area contributed by atoms with Gasteiger partial charge in [0.15, 0.2) is 11.3 Å². The molecular weight excluding hydrogens is 504 g/mol. The second-order valence-corrected chi connectivity index (χ2v) is 9.97. The van der Waals surface area contributed by atoms with E-state index in [1.165, 1.54) is 11.1 Å². The number of ether oxygens (including phenoxy) is 1. The molecule has 3 aromatic rings. The lowest BCUT2D eigenvalue weighted by atomic mass is 9.98. The summed E-state index contributed by atoms with van der Waals surface area (Å²) >= 11 is 1.61. The van der Waals surface area contributed by atoms with E-state index in [0.717, 1.165) is 27.4 Å². The third kappa shape index (κ3) is 6.72. The largest absolute Gasteiger partial charge is 0.485 e. The van der Waals surface area contributed by atoms with E-state index in [1.54, 1.807) is 29.6 Å². The van der Waals surface area contributed by atoms with E-state index in [9.17, 15) is 10.4 Å². The summed E-state index contributed by atoms with van der Waals surface area (Å²) in [6.07, 6.45) is 8.72. The SMILES string of the molecule is CN(CCO)c1ccc(/C=C/c2ccc(/C=C/C3=C(C#N)C(=C(C#N)C#N)OC3)s2)c(Cc2ccccc2)c1. The Hall–Kier alpha value is -4.87. The van der Waals surface area contributed by atoms with Crippen molar-refractivity contribution in [2.24, 2.45) is 0 Å². The minimum absolute atomic E-state index is 0.0526. The van der Waals surface area contributed by atoms with Gasteiger partial charge in [0.2, 0.25) is 0 Å². The van der Waals surface area contributed by atoms with Crippen LogP contribution in [0.25, 0.3) is 18.2 Å². The first-order chi connectivity index (χ1) is 19.1. The highest BCUT2D eigenvalue weighted by atomic mass is 32.1. The first kappa shape index (κ1) is 27.2. The molecule has 0 saturated carbocycles. The molecule has 1 aromatic heterocycles. The van der Waals surface area contributed by atoms with E-state index in [1.807, 2.05) is 48.4 Å². The standard InChI is InChI=1S/C32H26N4O2S/c1-36(15-16-37)28-10-7-24(26(18-28)17-23-5-3-2-4-6-23)8-11-29-13-14-30(39-29)12-9-25-22-38-32(31(25)21-35)27(19-33)20-34/h2-14,18,37H,15-17,22H2,1H3/b11-8+,12-9+. The van der Waals surface area contributed by atoms with Crippen LogP contribution in [0.5, 0.6) is 0 Å². The number of anilines is 1. The number of nitrogens with zero attached hydrogens (tertiary/aromatic N) is 4. The minimum Gasteiger partial charge on any atom is -0.485 e. The number of benzene rings is 2. The van der Waals surface area contributed by atoms with Crippen LogP contribution >= 0.6 is 11.3 Å². The molecule has 2 aromatic carbocycles. The number of rotatable bonds is 9. The summed E-state index contributed by atoms with van der Waals surface area (Å²) in [4.78, 5) is 4.13. The van der Waals surface area contributed by atoms with E-state index in [0.29, 0.717) is 12.1 Å². The Morgan fingerprint density at radius 3 is 2.36 bits per heavy atom. The van der Waals surface area contributed by atoms with Crippen LogP contribution in [0.3, 0.4) is 0 Å². The number of aliphatic hydroxyl groups excluding tert-OH is 1. The molecule has 0 saturated heterocycles. The Balaban J connectivity index is 1.56. The predicted octanol–water partition coefficient (Wildman–Crippen LogP) is 6.10. The van der Waals surface area contributed by atoms with Gasteiger partial charge in [-0.05, 0) is 59.5 Å². The van der Waals surface area contributed by atoms with Crippen LogP contribution in [0.2, 0.25) is 0 Å². The molecule has 1 aliphatic heterocycles. The Morgan fingerprint density at radius 2 is 1.69 bits per heavy atom. The molecule has 1 aliphatic rings. The van der Waals surface area contributed by atoms with Crippen LogP contribution in [0, 0.1) is 34.0 Å². The zero-order valence-corrected chi connectivity index (χ0v) is 22.3. The molecule has 0 radical (unpaired) electrons. The van der Waals surface area contributed by atoms with Gasteiger partial charge in [-0.2, -0.15) is 15.8 Å². The number of likely N-dealkylation sites (N-methyl/N-ethyl adjacent to an activating group) is 1. The molecule has 0 spiro atoms. The molecule has 0 bridgehead atoms. The normalized spacial score (nSPS) is 12.8. The van der Waals surface area contributed by atoms with Crippen molar-refractivity contribution in [3.8, 4) is 18.2 Å². The topological polar surface area (TPSA) is 104 Å². The monoisotopic (exact) mass is 530 g/mol. The van der Waals surface area contributed by atoms with E-state index in [2.05, 4.69) is 48.6 Å². The van der Waals surface area contributed by atoms with Gasteiger partial charge in [0, 0.05) is 34.6 Å². The van der Waals surface area contributed by atoms with Crippen molar-refractivity contribution in [3.05, 3.63) is 116 Å². The van der Waals surface area contributed by atoms with Crippen LogP contribution in [0.4, 0.5) is 5.69 Å². The van der Waals surface area contributed by atoms with Crippen molar-refractivity contribution >= 4 is 35.3 Å². The van der Waals surface area contributed by atoms with Crippen LogP contribution in [-0.2, 0) is 11.2 Å². The molecule has 6 nitrogen and oxygen atoms in total. The number of allylic oxidation sites excluding steroid dienone is 2. The van der Waals surface area contributed by atoms with Crippen molar-refractivity contribution in [1.82, 2.24) is 0 Å². The number of nitriles is 3. The van der Waals surface area contributed by atoms with Gasteiger partial charge in [0.25, 0.3) is 0 Å². The van der Waals surface area contributed by atoms with Crippen molar-refractivity contribution in [2.45, 2.75) is 6.42 Å². The number of aliphatic hydroxyl groups is 1. The van der Waals surface area contributed by atoms with Gasteiger partial charge in [-0.1, -0.05) is 48.6 Å². The third-order valence-electron chi connectivity index (χ3n) is 6.25. The lowest BCUT2D eigenvalue weighted by molar-refractivity contribution is 0.272. The van der Waals surface area contributed by atoms with Gasteiger partial charge in [0.05, 0.1) is 6.61 Å². The molecule has 0 aliphatic carbocycles. The average Bonchev–Trinajstić information content (AvgIpc) is 3.59. The number of hydrogen-bond donors (Lipinski definition) is 1. The quantitative estimate of drug-likeness (QED) is 0.335. The number of thiophene rings is 1. The molecule has 7 heteroatoms. The van der Waals surface area contributed by atoms with Gasteiger partial charge in [-0.3, -0.25) is 0 Å². The van der Waals surface area contributed by atoms with Crippen molar-refractivity contribution in [3.63, 3.8) is 0 Å². The van der Waals surface area contributed by atoms with Crippen LogP contribution in [-0.4, -0.2) is 31.9 Å². The second kappa shape index (κ2) is 13.1.